The maximum absolute atomic E-state index is 12.3. The molecule has 2 rings (SSSR count). The lowest BCUT2D eigenvalue weighted by Gasteiger charge is -2.24. The highest BCUT2D eigenvalue weighted by Gasteiger charge is 2.33. The van der Waals surface area contributed by atoms with Gasteiger partial charge in [-0.05, 0) is 37.5 Å². The van der Waals surface area contributed by atoms with E-state index in [-0.39, 0.29) is 5.91 Å². The summed E-state index contributed by atoms with van der Waals surface area (Å²) in [5, 5.41) is 11.8. The van der Waals surface area contributed by atoms with E-state index >= 15 is 0 Å². The molecule has 21 heavy (non-hydrogen) atoms. The van der Waals surface area contributed by atoms with E-state index in [1.54, 1.807) is 13.0 Å². The van der Waals surface area contributed by atoms with Gasteiger partial charge in [0.2, 0.25) is 0 Å². The van der Waals surface area contributed by atoms with Crippen LogP contribution >= 0.6 is 0 Å². The Kier molecular flexibility index (Phi) is 4.63. The van der Waals surface area contributed by atoms with Crippen LogP contribution in [0, 0.1) is 0 Å². The second-order valence-electron chi connectivity index (χ2n) is 5.63. The molecule has 5 heteroatoms. The van der Waals surface area contributed by atoms with E-state index in [0.29, 0.717) is 24.5 Å². The fourth-order valence-electron chi connectivity index (χ4n) is 2.35. The lowest BCUT2D eigenvalue weighted by atomic mass is 9.95. The number of carbonyl (C=O) groups is 2. The molecule has 0 aromatic heterocycles. The van der Waals surface area contributed by atoms with Crippen LogP contribution in [-0.2, 0) is 9.53 Å². The number of aliphatic carboxylic acids is 1. The third kappa shape index (κ3) is 3.42. The summed E-state index contributed by atoms with van der Waals surface area (Å²) in [6.45, 7) is 4.67. The Morgan fingerprint density at radius 1 is 1.48 bits per heavy atom. The smallest absolute Gasteiger partial charge is 0.329 e. The summed E-state index contributed by atoms with van der Waals surface area (Å²) in [7, 11) is 0. The van der Waals surface area contributed by atoms with Gasteiger partial charge in [-0.1, -0.05) is 19.1 Å². The molecule has 1 amide bonds. The molecule has 1 fully saturated rings. The van der Waals surface area contributed by atoms with Crippen LogP contribution in [0.2, 0.25) is 0 Å². The van der Waals surface area contributed by atoms with Crippen molar-refractivity contribution in [2.75, 3.05) is 13.2 Å². The standard InChI is InChI=1S/C16H21NO4/c1-3-16(2,15(19)20)17-14(18)12-6-4-5-11(9-12)13-7-8-21-10-13/h4-6,9,13H,3,7-8,10H2,1-2H3,(H,17,18)(H,19,20). The molecule has 114 valence electrons. The van der Waals surface area contributed by atoms with Crippen molar-refractivity contribution < 1.29 is 19.4 Å². The van der Waals surface area contributed by atoms with E-state index in [2.05, 4.69) is 5.32 Å². The van der Waals surface area contributed by atoms with Gasteiger partial charge in [-0.15, -0.1) is 0 Å². The SMILES string of the molecule is CCC(C)(NC(=O)c1cccc(C2CCOC2)c1)C(=O)O. The summed E-state index contributed by atoms with van der Waals surface area (Å²) >= 11 is 0. The molecule has 2 atom stereocenters. The average molecular weight is 291 g/mol. The largest absolute Gasteiger partial charge is 0.480 e. The number of rotatable bonds is 5. The van der Waals surface area contributed by atoms with Gasteiger partial charge in [-0.2, -0.15) is 0 Å². The number of nitrogens with one attached hydrogen (secondary N) is 1. The van der Waals surface area contributed by atoms with Crippen molar-refractivity contribution in [3.8, 4) is 0 Å². The van der Waals surface area contributed by atoms with Crippen LogP contribution in [0.15, 0.2) is 24.3 Å². The molecule has 0 radical (unpaired) electrons. The Morgan fingerprint density at radius 3 is 2.81 bits per heavy atom. The summed E-state index contributed by atoms with van der Waals surface area (Å²) in [5.74, 6) is -1.07. The van der Waals surface area contributed by atoms with Crippen LogP contribution < -0.4 is 5.32 Å². The molecule has 0 saturated carbocycles. The number of carbonyl (C=O) groups excluding carboxylic acids is 1. The van der Waals surface area contributed by atoms with E-state index in [1.807, 2.05) is 18.2 Å². The quantitative estimate of drug-likeness (QED) is 0.872. The van der Waals surface area contributed by atoms with Gasteiger partial charge in [0.1, 0.15) is 5.54 Å². The maximum Gasteiger partial charge on any atom is 0.329 e. The van der Waals surface area contributed by atoms with Gasteiger partial charge >= 0.3 is 5.97 Å². The minimum absolute atomic E-state index is 0.315. The van der Waals surface area contributed by atoms with Crippen LogP contribution in [0.1, 0.15) is 48.5 Å². The highest BCUT2D eigenvalue weighted by molar-refractivity contribution is 5.97. The first-order valence-corrected chi connectivity index (χ1v) is 7.20. The number of amides is 1. The first-order valence-electron chi connectivity index (χ1n) is 7.20. The molecule has 0 bridgehead atoms. The second kappa shape index (κ2) is 6.26. The molecule has 0 spiro atoms. The zero-order valence-electron chi connectivity index (χ0n) is 12.4. The Morgan fingerprint density at radius 2 is 2.24 bits per heavy atom. The molecule has 1 aliphatic heterocycles. The average Bonchev–Trinajstić information content (AvgIpc) is 3.01. The summed E-state index contributed by atoms with van der Waals surface area (Å²) in [6.07, 6.45) is 1.27. The molecule has 2 unspecified atom stereocenters. The lowest BCUT2D eigenvalue weighted by molar-refractivity contribution is -0.143. The highest BCUT2D eigenvalue weighted by atomic mass is 16.5. The first-order chi connectivity index (χ1) is 9.96. The van der Waals surface area contributed by atoms with Crippen LogP contribution in [0.5, 0.6) is 0 Å². The van der Waals surface area contributed by atoms with Crippen molar-refractivity contribution in [1.29, 1.82) is 0 Å². The van der Waals surface area contributed by atoms with E-state index in [1.165, 1.54) is 6.92 Å². The summed E-state index contributed by atoms with van der Waals surface area (Å²) in [5.41, 5.74) is 0.304. The Labute approximate surface area is 124 Å². The second-order valence-corrected chi connectivity index (χ2v) is 5.63. The fraction of sp³-hybridized carbons (Fsp3) is 0.500. The molecule has 5 nitrogen and oxygen atoms in total. The van der Waals surface area contributed by atoms with Crippen LogP contribution in [0.4, 0.5) is 0 Å². The predicted octanol–water partition coefficient (Wildman–Crippen LogP) is 2.17. The van der Waals surface area contributed by atoms with E-state index in [0.717, 1.165) is 18.6 Å². The van der Waals surface area contributed by atoms with Gasteiger partial charge in [0.15, 0.2) is 0 Å². The zero-order valence-corrected chi connectivity index (χ0v) is 12.4. The van der Waals surface area contributed by atoms with Crippen molar-refractivity contribution in [3.63, 3.8) is 0 Å². The number of benzene rings is 1. The van der Waals surface area contributed by atoms with Crippen molar-refractivity contribution in [1.82, 2.24) is 5.32 Å². The lowest BCUT2D eigenvalue weighted by Crippen LogP contribution is -2.51. The maximum atomic E-state index is 12.3. The monoisotopic (exact) mass is 291 g/mol. The zero-order chi connectivity index (χ0) is 15.5. The van der Waals surface area contributed by atoms with Gasteiger partial charge in [-0.25, -0.2) is 4.79 Å². The third-order valence-electron chi connectivity index (χ3n) is 4.12. The molecule has 1 heterocycles. The van der Waals surface area contributed by atoms with Crippen molar-refractivity contribution in [3.05, 3.63) is 35.4 Å². The molecule has 1 aliphatic rings. The van der Waals surface area contributed by atoms with Gasteiger partial charge in [-0.3, -0.25) is 4.79 Å². The Bertz CT molecular complexity index is 537. The van der Waals surface area contributed by atoms with Gasteiger partial charge in [0.25, 0.3) is 5.91 Å². The number of carboxylic acids is 1. The molecular formula is C16H21NO4. The minimum atomic E-state index is -1.25. The van der Waals surface area contributed by atoms with E-state index in [9.17, 15) is 14.7 Å². The Balaban J connectivity index is 2.15. The van der Waals surface area contributed by atoms with Crippen molar-refractivity contribution >= 4 is 11.9 Å². The molecule has 1 saturated heterocycles. The predicted molar refractivity (Wildman–Crippen MR) is 78.4 cm³/mol. The summed E-state index contributed by atoms with van der Waals surface area (Å²) < 4.78 is 5.36. The number of carboxylic acid groups (broad SMARTS) is 1. The van der Waals surface area contributed by atoms with E-state index < -0.39 is 11.5 Å². The summed E-state index contributed by atoms with van der Waals surface area (Å²) in [6, 6.07) is 7.33. The number of ether oxygens (including phenoxy) is 1. The molecular weight excluding hydrogens is 270 g/mol. The van der Waals surface area contributed by atoms with Crippen LogP contribution in [0.25, 0.3) is 0 Å². The molecule has 1 aromatic carbocycles. The van der Waals surface area contributed by atoms with Gasteiger partial charge in [0, 0.05) is 18.1 Å². The minimum Gasteiger partial charge on any atom is -0.480 e. The van der Waals surface area contributed by atoms with Crippen molar-refractivity contribution in [2.24, 2.45) is 0 Å². The fourth-order valence-corrected chi connectivity index (χ4v) is 2.35. The normalized spacial score (nSPS) is 20.8. The van der Waals surface area contributed by atoms with Gasteiger partial charge < -0.3 is 15.2 Å². The van der Waals surface area contributed by atoms with Gasteiger partial charge in [0.05, 0.1) is 6.61 Å². The Hall–Kier alpha value is -1.88. The number of hydrogen-bond acceptors (Lipinski definition) is 3. The van der Waals surface area contributed by atoms with Crippen molar-refractivity contribution in [2.45, 2.75) is 38.1 Å². The number of hydrogen-bond donors (Lipinski definition) is 2. The topological polar surface area (TPSA) is 75.6 Å². The van der Waals surface area contributed by atoms with Crippen LogP contribution in [0.3, 0.4) is 0 Å². The van der Waals surface area contributed by atoms with Crippen LogP contribution in [-0.4, -0.2) is 35.7 Å². The van der Waals surface area contributed by atoms with E-state index in [4.69, 9.17) is 4.74 Å². The summed E-state index contributed by atoms with van der Waals surface area (Å²) in [4.78, 5) is 23.5. The highest BCUT2D eigenvalue weighted by Crippen LogP contribution is 2.25. The molecule has 2 N–H and O–H groups in total. The molecule has 0 aliphatic carbocycles. The first kappa shape index (κ1) is 15.5. The third-order valence-corrected chi connectivity index (χ3v) is 4.12. The molecule has 1 aromatic rings.